The summed E-state index contributed by atoms with van der Waals surface area (Å²) in [5.41, 5.74) is 0.764. The summed E-state index contributed by atoms with van der Waals surface area (Å²) in [6.07, 6.45) is 3.02. The number of fused-ring (bicyclic) bond motifs is 1. The molecule has 9 heteroatoms. The van der Waals surface area contributed by atoms with Gasteiger partial charge in [-0.15, -0.1) is 0 Å². The SMILES string of the molecule is CC(C)n1c(=O)sc2cc(S(=O)(=O)N3CCN(C(=O)C4CCC4)CC3)ccc21. The standard InChI is InChI=1S/C19H25N3O4S2/c1-13(2)22-16-7-6-15(12-17(16)27-19(22)24)28(25,26)21-10-8-20(9-11-21)18(23)14-4-3-5-14/h6-7,12-14H,3-5,8-11H2,1-2H3. The van der Waals surface area contributed by atoms with Crippen LogP contribution in [0.4, 0.5) is 0 Å². The molecule has 0 radical (unpaired) electrons. The lowest BCUT2D eigenvalue weighted by atomic mass is 9.84. The van der Waals surface area contributed by atoms with E-state index in [1.54, 1.807) is 27.7 Å². The lowest BCUT2D eigenvalue weighted by Crippen LogP contribution is -2.52. The van der Waals surface area contributed by atoms with Crippen LogP contribution in [-0.2, 0) is 14.8 Å². The maximum absolute atomic E-state index is 13.1. The molecule has 1 aliphatic carbocycles. The maximum atomic E-state index is 13.1. The number of rotatable bonds is 4. The molecule has 2 fully saturated rings. The Morgan fingerprint density at radius 3 is 2.39 bits per heavy atom. The molecule has 7 nitrogen and oxygen atoms in total. The third-order valence-corrected chi connectivity index (χ3v) is 8.56. The monoisotopic (exact) mass is 423 g/mol. The Morgan fingerprint density at radius 2 is 1.82 bits per heavy atom. The number of thiazole rings is 1. The van der Waals surface area contributed by atoms with Crippen LogP contribution in [0, 0.1) is 5.92 Å². The summed E-state index contributed by atoms with van der Waals surface area (Å²) in [6, 6.07) is 4.91. The number of aromatic nitrogens is 1. The van der Waals surface area contributed by atoms with Crippen molar-refractivity contribution in [2.75, 3.05) is 26.2 Å². The van der Waals surface area contributed by atoms with Crippen LogP contribution in [0.15, 0.2) is 27.9 Å². The molecule has 1 saturated carbocycles. The summed E-state index contributed by atoms with van der Waals surface area (Å²) in [4.78, 5) is 26.5. The van der Waals surface area contributed by atoms with E-state index in [9.17, 15) is 18.0 Å². The first-order valence-corrected chi connectivity index (χ1v) is 12.0. The summed E-state index contributed by atoms with van der Waals surface area (Å²) < 4.78 is 30.0. The summed E-state index contributed by atoms with van der Waals surface area (Å²) in [7, 11) is -3.65. The molecule has 28 heavy (non-hydrogen) atoms. The molecule has 2 aliphatic rings. The fourth-order valence-corrected chi connectivity index (χ4v) is 6.45. The Balaban J connectivity index is 1.54. The van der Waals surface area contributed by atoms with Gasteiger partial charge in [-0.05, 0) is 44.9 Å². The highest BCUT2D eigenvalue weighted by atomic mass is 32.2. The van der Waals surface area contributed by atoms with E-state index in [0.717, 1.165) is 36.1 Å². The van der Waals surface area contributed by atoms with E-state index in [-0.39, 0.29) is 27.6 Å². The van der Waals surface area contributed by atoms with Gasteiger partial charge in [-0.1, -0.05) is 17.8 Å². The lowest BCUT2D eigenvalue weighted by molar-refractivity contribution is -0.139. The minimum absolute atomic E-state index is 0.0185. The number of benzene rings is 1. The van der Waals surface area contributed by atoms with E-state index in [2.05, 4.69) is 0 Å². The zero-order chi connectivity index (χ0) is 20.1. The van der Waals surface area contributed by atoms with E-state index in [4.69, 9.17) is 0 Å². The predicted molar refractivity (Wildman–Crippen MR) is 109 cm³/mol. The topological polar surface area (TPSA) is 79.7 Å². The van der Waals surface area contributed by atoms with Gasteiger partial charge in [-0.2, -0.15) is 4.31 Å². The first kappa shape index (κ1) is 19.6. The van der Waals surface area contributed by atoms with Gasteiger partial charge in [-0.3, -0.25) is 14.2 Å². The second-order valence-electron chi connectivity index (χ2n) is 7.82. The number of piperazine rings is 1. The molecule has 2 heterocycles. The van der Waals surface area contributed by atoms with Crippen LogP contribution < -0.4 is 4.87 Å². The fraction of sp³-hybridized carbons (Fsp3) is 0.579. The van der Waals surface area contributed by atoms with Crippen LogP contribution in [-0.4, -0.2) is 54.3 Å². The Labute approximate surface area is 168 Å². The van der Waals surface area contributed by atoms with E-state index >= 15 is 0 Å². The van der Waals surface area contributed by atoms with Gasteiger partial charge >= 0.3 is 4.87 Å². The lowest BCUT2D eigenvalue weighted by Gasteiger charge is -2.37. The van der Waals surface area contributed by atoms with Crippen LogP contribution in [0.1, 0.15) is 39.2 Å². The Morgan fingerprint density at radius 1 is 1.14 bits per heavy atom. The number of carbonyl (C=O) groups excluding carboxylic acids is 1. The molecule has 0 spiro atoms. The van der Waals surface area contributed by atoms with Crippen molar-refractivity contribution in [1.29, 1.82) is 0 Å². The van der Waals surface area contributed by atoms with Gasteiger partial charge in [0.2, 0.25) is 15.9 Å². The molecule has 1 saturated heterocycles. The van der Waals surface area contributed by atoms with Crippen LogP contribution in [0.2, 0.25) is 0 Å². The molecule has 0 bridgehead atoms. The molecule has 0 N–H and O–H groups in total. The van der Waals surface area contributed by atoms with Gasteiger partial charge in [0.15, 0.2) is 0 Å². The predicted octanol–water partition coefficient (Wildman–Crippen LogP) is 2.28. The molecule has 2 aromatic rings. The van der Waals surface area contributed by atoms with E-state index < -0.39 is 10.0 Å². The van der Waals surface area contributed by atoms with E-state index in [1.807, 2.05) is 13.8 Å². The first-order chi connectivity index (χ1) is 13.3. The Hall–Kier alpha value is -1.71. The second-order valence-corrected chi connectivity index (χ2v) is 10.7. The van der Waals surface area contributed by atoms with Gasteiger partial charge < -0.3 is 4.90 Å². The van der Waals surface area contributed by atoms with Crippen LogP contribution in [0.5, 0.6) is 0 Å². The van der Waals surface area contributed by atoms with Crippen molar-refractivity contribution in [2.45, 2.75) is 44.0 Å². The average molecular weight is 424 g/mol. The third-order valence-electron chi connectivity index (χ3n) is 5.74. The molecular weight excluding hydrogens is 398 g/mol. The Bertz CT molecular complexity index is 1060. The average Bonchev–Trinajstić information content (AvgIpc) is 2.95. The smallest absolute Gasteiger partial charge is 0.308 e. The van der Waals surface area contributed by atoms with Gasteiger partial charge in [0.05, 0.1) is 15.1 Å². The molecule has 1 aromatic carbocycles. The van der Waals surface area contributed by atoms with Crippen molar-refractivity contribution in [3.05, 3.63) is 27.9 Å². The van der Waals surface area contributed by atoms with Crippen LogP contribution >= 0.6 is 11.3 Å². The first-order valence-electron chi connectivity index (χ1n) is 9.73. The van der Waals surface area contributed by atoms with Crippen molar-refractivity contribution in [3.8, 4) is 0 Å². The number of carbonyl (C=O) groups is 1. The summed E-state index contributed by atoms with van der Waals surface area (Å²) in [5, 5.41) is 0. The number of amides is 1. The molecular formula is C19H25N3O4S2. The summed E-state index contributed by atoms with van der Waals surface area (Å²) in [6.45, 7) is 5.36. The molecule has 1 aliphatic heterocycles. The van der Waals surface area contributed by atoms with Crippen molar-refractivity contribution < 1.29 is 13.2 Å². The highest BCUT2D eigenvalue weighted by molar-refractivity contribution is 7.89. The highest BCUT2D eigenvalue weighted by Crippen LogP contribution is 2.30. The minimum Gasteiger partial charge on any atom is -0.340 e. The largest absolute Gasteiger partial charge is 0.340 e. The van der Waals surface area contributed by atoms with Crippen molar-refractivity contribution >= 4 is 37.5 Å². The summed E-state index contributed by atoms with van der Waals surface area (Å²) >= 11 is 1.07. The molecule has 1 amide bonds. The van der Waals surface area contributed by atoms with Crippen LogP contribution in [0.25, 0.3) is 10.2 Å². The minimum atomic E-state index is -3.65. The molecule has 0 atom stereocenters. The maximum Gasteiger partial charge on any atom is 0.308 e. The van der Waals surface area contributed by atoms with Crippen molar-refractivity contribution in [2.24, 2.45) is 5.92 Å². The zero-order valence-electron chi connectivity index (χ0n) is 16.1. The third kappa shape index (κ3) is 3.29. The second kappa shape index (κ2) is 7.27. The Kier molecular flexibility index (Phi) is 5.09. The quantitative estimate of drug-likeness (QED) is 0.756. The summed E-state index contributed by atoms with van der Waals surface area (Å²) in [5.74, 6) is 0.308. The van der Waals surface area contributed by atoms with Gasteiger partial charge in [-0.25, -0.2) is 8.42 Å². The van der Waals surface area contributed by atoms with Crippen LogP contribution in [0.3, 0.4) is 0 Å². The van der Waals surface area contributed by atoms with E-state index in [1.165, 1.54) is 4.31 Å². The molecule has 1 aromatic heterocycles. The number of hydrogen-bond acceptors (Lipinski definition) is 5. The molecule has 0 unspecified atom stereocenters. The zero-order valence-corrected chi connectivity index (χ0v) is 17.8. The van der Waals surface area contributed by atoms with Gasteiger partial charge in [0, 0.05) is 38.1 Å². The molecule has 4 rings (SSSR count). The number of hydrogen-bond donors (Lipinski definition) is 0. The normalized spacial score (nSPS) is 19.3. The van der Waals surface area contributed by atoms with Crippen molar-refractivity contribution in [3.63, 3.8) is 0 Å². The van der Waals surface area contributed by atoms with Gasteiger partial charge in [0.1, 0.15) is 0 Å². The van der Waals surface area contributed by atoms with Crippen molar-refractivity contribution in [1.82, 2.24) is 13.8 Å². The number of nitrogens with zero attached hydrogens (tertiary/aromatic N) is 3. The number of sulfonamides is 1. The van der Waals surface area contributed by atoms with Gasteiger partial charge in [0.25, 0.3) is 0 Å². The van der Waals surface area contributed by atoms with E-state index in [0.29, 0.717) is 30.9 Å². The fourth-order valence-electron chi connectivity index (χ4n) is 3.88. The highest BCUT2D eigenvalue weighted by Gasteiger charge is 2.34. The molecule has 152 valence electrons.